The van der Waals surface area contributed by atoms with Crippen molar-refractivity contribution in [3.8, 4) is 17.1 Å². The van der Waals surface area contributed by atoms with Gasteiger partial charge in [0.25, 0.3) is 0 Å². The first-order valence-electron chi connectivity index (χ1n) is 10.4. The number of rotatable bonds is 4. The van der Waals surface area contributed by atoms with Crippen LogP contribution >= 0.6 is 0 Å². The fourth-order valence-electron chi connectivity index (χ4n) is 5.82. The van der Waals surface area contributed by atoms with E-state index in [1.165, 1.54) is 7.11 Å². The van der Waals surface area contributed by atoms with Gasteiger partial charge in [0.05, 0.1) is 30.1 Å². The van der Waals surface area contributed by atoms with Crippen molar-refractivity contribution in [1.29, 1.82) is 0 Å². The number of halogens is 3. The topological polar surface area (TPSA) is 60.2 Å². The molecule has 3 aromatic rings. The number of carbonyl (C=O) groups excluding carboxylic acids is 1. The predicted octanol–water partition coefficient (Wildman–Crippen LogP) is 3.60. The molecule has 2 aromatic heterocycles. The van der Waals surface area contributed by atoms with Gasteiger partial charge in [0, 0.05) is 30.3 Å². The Bertz CT molecular complexity index is 1280. The largest absolute Gasteiger partial charge is 0.481 e. The molecule has 2 saturated heterocycles. The molecule has 2 fully saturated rings. The quantitative estimate of drug-likeness (QED) is 0.458. The summed E-state index contributed by atoms with van der Waals surface area (Å²) in [6, 6.07) is 7.26. The van der Waals surface area contributed by atoms with E-state index in [-0.39, 0.29) is 23.4 Å². The maximum atomic E-state index is 13.9. The second-order valence-corrected chi connectivity index (χ2v) is 8.71. The minimum Gasteiger partial charge on any atom is -0.481 e. The Morgan fingerprint density at radius 3 is 2.66 bits per heavy atom. The molecular weight excluding hydrogens is 421 g/mol. The number of fused-ring (bicyclic) bond motifs is 2. The van der Waals surface area contributed by atoms with Crippen molar-refractivity contribution in [1.82, 2.24) is 19.7 Å². The Labute approximate surface area is 181 Å². The van der Waals surface area contributed by atoms with Crippen molar-refractivity contribution in [3.63, 3.8) is 0 Å². The predicted molar refractivity (Wildman–Crippen MR) is 108 cm³/mol. The Kier molecular flexibility index (Phi) is 3.90. The van der Waals surface area contributed by atoms with Crippen LogP contribution in [0.2, 0.25) is 0 Å². The Morgan fingerprint density at radius 1 is 1.19 bits per heavy atom. The minimum atomic E-state index is -1.48. The van der Waals surface area contributed by atoms with Crippen LogP contribution in [0.5, 0.6) is 5.88 Å². The number of aromatic nitrogens is 3. The van der Waals surface area contributed by atoms with Gasteiger partial charge in [-0.05, 0) is 37.5 Å². The van der Waals surface area contributed by atoms with Crippen LogP contribution in [0, 0.1) is 17.5 Å². The number of hydrogen-bond acceptors (Lipinski definition) is 5. The van der Waals surface area contributed by atoms with Gasteiger partial charge in [0.1, 0.15) is 5.69 Å². The van der Waals surface area contributed by atoms with Crippen LogP contribution in [-0.2, 0) is 13.5 Å². The molecule has 6 rings (SSSR count). The standard InChI is InChI=1S/C23H19F3N4O2/c1-29-21(11-6-14(24)19(26)15(25)7-11)13-8-12-9-23(10-17(30(12)23)20(13)28-29)22(31)16-4-3-5-18(27-16)32-2/h3-7,12,17H,8-10H2,1-2H3/t12-,17-,23?/m0/s1. The number of Topliss-reactive ketones (excluding diaryl/α,β-unsaturated/α-hetero) is 1. The molecule has 32 heavy (non-hydrogen) atoms. The number of methoxy groups -OCH3 is 1. The van der Waals surface area contributed by atoms with Gasteiger partial charge in [-0.15, -0.1) is 0 Å². The van der Waals surface area contributed by atoms with Crippen molar-refractivity contribution >= 4 is 5.78 Å². The SMILES string of the molecule is COc1cccc(C(=O)C23C[C@@H]4Cc5c(nn(C)c5-c5cc(F)c(F)c(F)c5)[C@H](C2)N43)n1. The summed E-state index contributed by atoms with van der Waals surface area (Å²) in [5.41, 5.74) is 2.36. The molecule has 0 amide bonds. The lowest BCUT2D eigenvalue weighted by atomic mass is 9.57. The highest BCUT2D eigenvalue weighted by Gasteiger charge is 2.70. The average molecular weight is 440 g/mol. The average Bonchev–Trinajstić information content (AvgIpc) is 3.08. The molecule has 9 heteroatoms. The second-order valence-electron chi connectivity index (χ2n) is 8.71. The normalized spacial score (nSPS) is 25.4. The molecule has 0 aliphatic carbocycles. The van der Waals surface area contributed by atoms with Crippen LogP contribution in [0.4, 0.5) is 13.2 Å². The molecule has 0 spiro atoms. The molecule has 3 aliphatic heterocycles. The lowest BCUT2D eigenvalue weighted by Crippen LogP contribution is -2.80. The van der Waals surface area contributed by atoms with E-state index in [1.54, 1.807) is 29.9 Å². The van der Waals surface area contributed by atoms with E-state index in [0.29, 0.717) is 36.5 Å². The Balaban J connectivity index is 1.35. The van der Waals surface area contributed by atoms with Gasteiger partial charge in [-0.2, -0.15) is 5.10 Å². The van der Waals surface area contributed by atoms with Gasteiger partial charge in [-0.3, -0.25) is 14.4 Å². The molecule has 1 aromatic carbocycles. The summed E-state index contributed by atoms with van der Waals surface area (Å²) in [7, 11) is 3.22. The van der Waals surface area contributed by atoms with Crippen LogP contribution in [0.1, 0.15) is 40.6 Å². The second kappa shape index (κ2) is 6.41. The number of aryl methyl sites for hydroxylation is 1. The molecule has 6 nitrogen and oxygen atoms in total. The zero-order chi connectivity index (χ0) is 22.4. The maximum Gasteiger partial charge on any atom is 0.213 e. The highest BCUT2D eigenvalue weighted by Crippen LogP contribution is 2.63. The van der Waals surface area contributed by atoms with Crippen LogP contribution in [-0.4, -0.2) is 44.1 Å². The Hall–Kier alpha value is -3.20. The summed E-state index contributed by atoms with van der Waals surface area (Å²) < 4.78 is 48.0. The van der Waals surface area contributed by atoms with Crippen molar-refractivity contribution in [2.75, 3.05) is 7.11 Å². The molecule has 164 valence electrons. The van der Waals surface area contributed by atoms with Gasteiger partial charge in [0.15, 0.2) is 17.5 Å². The van der Waals surface area contributed by atoms with E-state index in [1.807, 2.05) is 0 Å². The van der Waals surface area contributed by atoms with E-state index in [4.69, 9.17) is 4.74 Å². The van der Waals surface area contributed by atoms with Crippen LogP contribution in [0.3, 0.4) is 0 Å². The van der Waals surface area contributed by atoms with Gasteiger partial charge in [-0.25, -0.2) is 18.2 Å². The zero-order valence-corrected chi connectivity index (χ0v) is 17.4. The van der Waals surface area contributed by atoms with E-state index >= 15 is 0 Å². The number of ether oxygens (including phenoxy) is 1. The molecule has 0 N–H and O–H groups in total. The number of nitrogens with zero attached hydrogens (tertiary/aromatic N) is 4. The van der Waals surface area contributed by atoms with E-state index in [9.17, 15) is 18.0 Å². The highest BCUT2D eigenvalue weighted by molar-refractivity contribution is 6.03. The van der Waals surface area contributed by atoms with Crippen molar-refractivity contribution in [2.24, 2.45) is 7.05 Å². The van der Waals surface area contributed by atoms with Gasteiger partial charge >= 0.3 is 0 Å². The summed E-state index contributed by atoms with van der Waals surface area (Å²) in [5, 5.41) is 4.63. The molecule has 0 radical (unpaired) electrons. The number of ketones is 1. The number of piperidine rings is 1. The number of carbonyl (C=O) groups is 1. The number of hydrogen-bond donors (Lipinski definition) is 0. The van der Waals surface area contributed by atoms with Crippen molar-refractivity contribution in [2.45, 2.75) is 36.9 Å². The fourth-order valence-corrected chi connectivity index (χ4v) is 5.82. The summed E-state index contributed by atoms with van der Waals surface area (Å²) in [6.45, 7) is 0. The maximum absolute atomic E-state index is 13.9. The third-order valence-electron chi connectivity index (χ3n) is 7.10. The lowest BCUT2D eigenvalue weighted by Gasteiger charge is -2.70. The molecule has 1 unspecified atom stereocenters. The van der Waals surface area contributed by atoms with E-state index in [0.717, 1.165) is 23.4 Å². The lowest BCUT2D eigenvalue weighted by molar-refractivity contribution is -0.180. The summed E-state index contributed by atoms with van der Waals surface area (Å²) in [5.74, 6) is -3.56. The number of benzene rings is 1. The van der Waals surface area contributed by atoms with Crippen LogP contribution in [0.25, 0.3) is 11.3 Å². The zero-order valence-electron chi connectivity index (χ0n) is 17.4. The van der Waals surface area contributed by atoms with Gasteiger partial charge in [-0.1, -0.05) is 6.07 Å². The highest BCUT2D eigenvalue weighted by atomic mass is 19.2. The van der Waals surface area contributed by atoms with E-state index < -0.39 is 23.0 Å². The first-order chi connectivity index (χ1) is 15.3. The van der Waals surface area contributed by atoms with Crippen molar-refractivity contribution in [3.05, 3.63) is 64.7 Å². The molecule has 0 saturated carbocycles. The monoisotopic (exact) mass is 440 g/mol. The summed E-state index contributed by atoms with van der Waals surface area (Å²) in [6.07, 6.45) is 1.90. The first-order valence-corrected chi connectivity index (χ1v) is 10.4. The molecule has 0 bridgehead atoms. The fraction of sp³-hybridized carbons (Fsp3) is 0.348. The molecular formula is C23H19F3N4O2. The van der Waals surface area contributed by atoms with E-state index in [2.05, 4.69) is 15.0 Å². The third-order valence-corrected chi connectivity index (χ3v) is 7.10. The molecule has 3 atom stereocenters. The summed E-state index contributed by atoms with van der Waals surface area (Å²) >= 11 is 0. The minimum absolute atomic E-state index is 0.0221. The Morgan fingerprint density at radius 2 is 1.94 bits per heavy atom. The van der Waals surface area contributed by atoms with Crippen LogP contribution in [0.15, 0.2) is 30.3 Å². The van der Waals surface area contributed by atoms with Crippen molar-refractivity contribution < 1.29 is 22.7 Å². The molecule has 3 aliphatic rings. The third kappa shape index (κ3) is 2.37. The van der Waals surface area contributed by atoms with Crippen LogP contribution < -0.4 is 4.74 Å². The van der Waals surface area contributed by atoms with Gasteiger partial charge < -0.3 is 4.74 Å². The number of pyridine rings is 1. The smallest absolute Gasteiger partial charge is 0.213 e. The first kappa shape index (κ1) is 19.5. The molecule has 5 heterocycles. The summed E-state index contributed by atoms with van der Waals surface area (Å²) in [4.78, 5) is 19.8. The van der Waals surface area contributed by atoms with Gasteiger partial charge in [0.2, 0.25) is 11.7 Å².